The molecule has 1 aromatic carbocycles. The van der Waals surface area contributed by atoms with Crippen molar-refractivity contribution >= 4 is 23.3 Å². The van der Waals surface area contributed by atoms with E-state index in [1.54, 1.807) is 0 Å². The number of nitro benzene ring substituents is 1. The van der Waals surface area contributed by atoms with Crippen molar-refractivity contribution in [1.82, 2.24) is 0 Å². The quantitative estimate of drug-likeness (QED) is 0.655. The Kier molecular flexibility index (Phi) is 3.16. The zero-order valence-corrected chi connectivity index (χ0v) is 9.58. The van der Waals surface area contributed by atoms with Crippen LogP contribution in [0.15, 0.2) is 18.2 Å². The lowest BCUT2D eigenvalue weighted by Gasteiger charge is -2.15. The SMILES string of the molecule is O=C(O)[C@@H]1CC(=O)N(c2ccc(F)c([N+](=O)[O-])c2)C1. The Morgan fingerprint density at radius 3 is 2.74 bits per heavy atom. The summed E-state index contributed by atoms with van der Waals surface area (Å²) in [5.41, 5.74) is -0.620. The maximum Gasteiger partial charge on any atom is 0.308 e. The first-order chi connectivity index (χ1) is 8.90. The van der Waals surface area contributed by atoms with Gasteiger partial charge in [0.25, 0.3) is 0 Å². The number of carbonyl (C=O) groups is 2. The molecule has 1 aromatic rings. The summed E-state index contributed by atoms with van der Waals surface area (Å²) in [6, 6.07) is 3.02. The average Bonchev–Trinajstić information content (AvgIpc) is 2.72. The van der Waals surface area contributed by atoms with Crippen LogP contribution >= 0.6 is 0 Å². The highest BCUT2D eigenvalue weighted by Crippen LogP contribution is 2.29. The maximum atomic E-state index is 13.2. The van der Waals surface area contributed by atoms with Crippen LogP contribution in [0.2, 0.25) is 0 Å². The van der Waals surface area contributed by atoms with Crippen LogP contribution in [0.5, 0.6) is 0 Å². The van der Waals surface area contributed by atoms with E-state index in [1.165, 1.54) is 6.07 Å². The van der Waals surface area contributed by atoms with Crippen LogP contribution in [0.1, 0.15) is 6.42 Å². The number of rotatable bonds is 3. The van der Waals surface area contributed by atoms with E-state index in [9.17, 15) is 24.1 Å². The second-order valence-corrected chi connectivity index (χ2v) is 4.14. The number of carboxylic acid groups (broad SMARTS) is 1. The number of halogens is 1. The van der Waals surface area contributed by atoms with Gasteiger partial charge in [0.1, 0.15) is 0 Å². The molecule has 0 aromatic heterocycles. The van der Waals surface area contributed by atoms with Crippen molar-refractivity contribution in [3.8, 4) is 0 Å². The molecular weight excluding hydrogens is 259 g/mol. The van der Waals surface area contributed by atoms with Crippen molar-refractivity contribution in [3.05, 3.63) is 34.1 Å². The molecule has 100 valence electrons. The second-order valence-electron chi connectivity index (χ2n) is 4.14. The van der Waals surface area contributed by atoms with Crippen LogP contribution < -0.4 is 4.90 Å². The van der Waals surface area contributed by atoms with Gasteiger partial charge >= 0.3 is 11.7 Å². The summed E-state index contributed by atoms with van der Waals surface area (Å²) in [4.78, 5) is 33.3. The highest BCUT2D eigenvalue weighted by atomic mass is 19.1. The lowest BCUT2D eigenvalue weighted by atomic mass is 10.1. The molecule has 0 unspecified atom stereocenters. The van der Waals surface area contributed by atoms with Gasteiger partial charge in [0.05, 0.1) is 16.5 Å². The number of carboxylic acids is 1. The normalized spacial score (nSPS) is 18.7. The fourth-order valence-electron chi connectivity index (χ4n) is 1.93. The van der Waals surface area contributed by atoms with E-state index in [2.05, 4.69) is 0 Å². The number of carbonyl (C=O) groups excluding carboxylic acids is 1. The first kappa shape index (κ1) is 12.9. The molecule has 1 saturated heterocycles. The number of amides is 1. The van der Waals surface area contributed by atoms with Crippen LogP contribution in [0.3, 0.4) is 0 Å². The van der Waals surface area contributed by atoms with Crippen molar-refractivity contribution < 1.29 is 24.0 Å². The van der Waals surface area contributed by atoms with Gasteiger partial charge in [-0.25, -0.2) is 0 Å². The number of hydrogen-bond donors (Lipinski definition) is 1. The largest absolute Gasteiger partial charge is 0.481 e. The fourth-order valence-corrected chi connectivity index (χ4v) is 1.93. The van der Waals surface area contributed by atoms with Gasteiger partial charge in [0.15, 0.2) is 0 Å². The summed E-state index contributed by atoms with van der Waals surface area (Å²) < 4.78 is 13.2. The molecule has 2 rings (SSSR count). The molecule has 8 heteroatoms. The minimum Gasteiger partial charge on any atom is -0.481 e. The number of nitro groups is 1. The number of anilines is 1. The van der Waals surface area contributed by atoms with Crippen LogP contribution in [-0.2, 0) is 9.59 Å². The lowest BCUT2D eigenvalue weighted by molar-refractivity contribution is -0.387. The van der Waals surface area contributed by atoms with Crippen molar-refractivity contribution in [2.24, 2.45) is 5.92 Å². The number of hydrogen-bond acceptors (Lipinski definition) is 4. The molecule has 7 nitrogen and oxygen atoms in total. The molecule has 1 heterocycles. The smallest absolute Gasteiger partial charge is 0.308 e. The van der Waals surface area contributed by atoms with Gasteiger partial charge in [0.2, 0.25) is 11.7 Å². The molecule has 1 aliphatic rings. The molecule has 19 heavy (non-hydrogen) atoms. The summed E-state index contributed by atoms with van der Waals surface area (Å²) in [5, 5.41) is 19.4. The van der Waals surface area contributed by atoms with E-state index in [0.29, 0.717) is 0 Å². The van der Waals surface area contributed by atoms with Gasteiger partial charge in [-0.1, -0.05) is 0 Å². The number of benzene rings is 1. The molecule has 0 spiro atoms. The molecule has 1 atom stereocenters. The van der Waals surface area contributed by atoms with E-state index in [4.69, 9.17) is 5.11 Å². The lowest BCUT2D eigenvalue weighted by Crippen LogP contribution is -2.25. The van der Waals surface area contributed by atoms with E-state index < -0.39 is 34.2 Å². The van der Waals surface area contributed by atoms with Crippen molar-refractivity contribution in [1.29, 1.82) is 0 Å². The monoisotopic (exact) mass is 268 g/mol. The van der Waals surface area contributed by atoms with Gasteiger partial charge in [-0.3, -0.25) is 19.7 Å². The van der Waals surface area contributed by atoms with Gasteiger partial charge in [0, 0.05) is 19.0 Å². The number of nitrogens with zero attached hydrogens (tertiary/aromatic N) is 2. The Morgan fingerprint density at radius 1 is 1.53 bits per heavy atom. The molecule has 1 amide bonds. The Hall–Kier alpha value is -2.51. The minimum atomic E-state index is -1.10. The van der Waals surface area contributed by atoms with Crippen molar-refractivity contribution in [3.63, 3.8) is 0 Å². The second kappa shape index (κ2) is 4.63. The topological polar surface area (TPSA) is 101 Å². The van der Waals surface area contributed by atoms with E-state index in [-0.39, 0.29) is 18.7 Å². The molecule has 0 radical (unpaired) electrons. The highest BCUT2D eigenvalue weighted by molar-refractivity contribution is 5.99. The van der Waals surface area contributed by atoms with Crippen molar-refractivity contribution in [2.75, 3.05) is 11.4 Å². The van der Waals surface area contributed by atoms with Gasteiger partial charge < -0.3 is 10.0 Å². The van der Waals surface area contributed by atoms with Crippen LogP contribution in [-0.4, -0.2) is 28.5 Å². The standard InChI is InChI=1S/C11H9FN2O5/c12-8-2-1-7(4-9(8)14(18)19)13-5-6(11(16)17)3-10(13)15/h1-2,4,6H,3,5H2,(H,16,17)/t6-/m1/s1. The molecule has 1 fully saturated rings. The Balaban J connectivity index is 2.33. The van der Waals surface area contributed by atoms with Gasteiger partial charge in [-0.15, -0.1) is 0 Å². The Bertz CT molecular complexity index is 574. The summed E-state index contributed by atoms with van der Waals surface area (Å²) in [6.07, 6.45) is -0.166. The van der Waals surface area contributed by atoms with Gasteiger partial charge in [-0.05, 0) is 12.1 Å². The summed E-state index contributed by atoms with van der Waals surface area (Å²) >= 11 is 0. The maximum absolute atomic E-state index is 13.2. The Labute approximate surface area is 106 Å². The van der Waals surface area contributed by atoms with Crippen LogP contribution in [0.4, 0.5) is 15.8 Å². The van der Waals surface area contributed by atoms with E-state index >= 15 is 0 Å². The highest BCUT2D eigenvalue weighted by Gasteiger charge is 2.35. The molecular formula is C11H9FN2O5. The van der Waals surface area contributed by atoms with Gasteiger partial charge in [-0.2, -0.15) is 4.39 Å². The third kappa shape index (κ3) is 2.37. The molecule has 0 saturated carbocycles. The summed E-state index contributed by atoms with van der Waals surface area (Å²) in [7, 11) is 0. The first-order valence-electron chi connectivity index (χ1n) is 5.37. The Morgan fingerprint density at radius 2 is 2.21 bits per heavy atom. The average molecular weight is 268 g/mol. The van der Waals surface area contributed by atoms with E-state index in [1.807, 2.05) is 0 Å². The molecule has 0 bridgehead atoms. The summed E-state index contributed by atoms with van der Waals surface area (Å²) in [6.45, 7) is -0.0725. The van der Waals surface area contributed by atoms with Crippen LogP contribution in [0.25, 0.3) is 0 Å². The molecule has 1 N–H and O–H groups in total. The predicted molar refractivity (Wildman–Crippen MR) is 61.2 cm³/mol. The van der Waals surface area contributed by atoms with E-state index in [0.717, 1.165) is 17.0 Å². The summed E-state index contributed by atoms with van der Waals surface area (Å²) in [5.74, 6) is -3.41. The number of aliphatic carboxylic acids is 1. The van der Waals surface area contributed by atoms with Crippen LogP contribution in [0, 0.1) is 21.8 Å². The van der Waals surface area contributed by atoms with Crippen molar-refractivity contribution in [2.45, 2.75) is 6.42 Å². The zero-order chi connectivity index (χ0) is 14.2. The third-order valence-electron chi connectivity index (χ3n) is 2.91. The third-order valence-corrected chi connectivity index (χ3v) is 2.91. The minimum absolute atomic E-state index is 0.0725. The zero-order valence-electron chi connectivity index (χ0n) is 9.58. The predicted octanol–water partition coefficient (Wildman–Crippen LogP) is 1.17. The molecule has 0 aliphatic carbocycles. The first-order valence-corrected chi connectivity index (χ1v) is 5.37. The molecule has 1 aliphatic heterocycles. The fraction of sp³-hybridized carbons (Fsp3) is 0.273.